The average molecular weight is 319 g/mol. The van der Waals surface area contributed by atoms with Gasteiger partial charge in [0, 0.05) is 6.07 Å². The molecule has 0 amide bonds. The number of benzene rings is 2. The second kappa shape index (κ2) is 6.97. The summed E-state index contributed by atoms with van der Waals surface area (Å²) in [6.07, 6.45) is 1.18. The van der Waals surface area contributed by atoms with Crippen molar-refractivity contribution in [2.45, 2.75) is 19.8 Å². The molecule has 0 aliphatic carbocycles. The van der Waals surface area contributed by atoms with Gasteiger partial charge in [0.1, 0.15) is 34.8 Å². The van der Waals surface area contributed by atoms with Crippen molar-refractivity contribution in [3.05, 3.63) is 64.5 Å². The summed E-state index contributed by atoms with van der Waals surface area (Å²) in [6.45, 7) is 1.86. The lowest BCUT2D eigenvalue weighted by Gasteiger charge is -2.08. The number of nitriles is 1. The zero-order chi connectivity index (χ0) is 17.0. The van der Waals surface area contributed by atoms with Crippen molar-refractivity contribution in [3.63, 3.8) is 0 Å². The maximum absolute atomic E-state index is 13.9. The molecular formula is C17H12F3NO2. The molecule has 0 saturated carbocycles. The number of hydrogen-bond donors (Lipinski definition) is 0. The van der Waals surface area contributed by atoms with Crippen LogP contribution in [-0.2, 0) is 6.42 Å². The quantitative estimate of drug-likeness (QED) is 0.628. The largest absolute Gasteiger partial charge is 0.423 e. The van der Waals surface area contributed by atoms with Crippen molar-refractivity contribution >= 4 is 5.97 Å². The summed E-state index contributed by atoms with van der Waals surface area (Å²) in [4.78, 5) is 11.9. The highest BCUT2D eigenvalue weighted by Gasteiger charge is 2.21. The Bertz CT molecular complexity index is 774. The Balaban J connectivity index is 2.28. The summed E-state index contributed by atoms with van der Waals surface area (Å²) in [5.74, 6) is -4.48. The first kappa shape index (κ1) is 16.6. The lowest BCUT2D eigenvalue weighted by molar-refractivity contribution is 0.0724. The van der Waals surface area contributed by atoms with Crippen LogP contribution in [0, 0.1) is 28.8 Å². The number of aryl methyl sites for hydroxylation is 1. The standard InChI is InChI=1S/C17H12F3NO2/c1-2-3-10-6-14(19)16(15(20)7-10)17(22)23-12-5-4-11(9-21)13(18)8-12/h4-8H,2-3H2,1H3. The Morgan fingerprint density at radius 1 is 1.13 bits per heavy atom. The molecule has 2 aromatic rings. The van der Waals surface area contributed by atoms with Gasteiger partial charge in [-0.25, -0.2) is 18.0 Å². The first-order valence-corrected chi connectivity index (χ1v) is 6.86. The molecule has 2 rings (SSSR count). The minimum Gasteiger partial charge on any atom is -0.423 e. The molecule has 23 heavy (non-hydrogen) atoms. The number of carbonyl (C=O) groups is 1. The van der Waals surface area contributed by atoms with Crippen LogP contribution in [0.4, 0.5) is 13.2 Å². The van der Waals surface area contributed by atoms with E-state index in [4.69, 9.17) is 10.00 Å². The molecule has 6 heteroatoms. The van der Waals surface area contributed by atoms with E-state index in [0.717, 1.165) is 24.3 Å². The Morgan fingerprint density at radius 3 is 2.30 bits per heavy atom. The monoisotopic (exact) mass is 319 g/mol. The number of hydrogen-bond acceptors (Lipinski definition) is 3. The van der Waals surface area contributed by atoms with Crippen molar-refractivity contribution in [1.29, 1.82) is 5.26 Å². The molecule has 0 atom stereocenters. The van der Waals surface area contributed by atoms with Gasteiger partial charge in [0.15, 0.2) is 0 Å². The third kappa shape index (κ3) is 3.69. The number of nitrogens with zero attached hydrogens (tertiary/aromatic N) is 1. The van der Waals surface area contributed by atoms with E-state index in [1.54, 1.807) is 6.07 Å². The highest BCUT2D eigenvalue weighted by atomic mass is 19.1. The second-order valence-corrected chi connectivity index (χ2v) is 4.83. The molecule has 0 heterocycles. The fraction of sp³-hybridized carbons (Fsp3) is 0.176. The number of carbonyl (C=O) groups excluding carboxylic acids is 1. The van der Waals surface area contributed by atoms with Gasteiger partial charge < -0.3 is 4.74 Å². The maximum Gasteiger partial charge on any atom is 0.349 e. The minimum atomic E-state index is -1.27. The van der Waals surface area contributed by atoms with E-state index in [1.165, 1.54) is 6.07 Å². The minimum absolute atomic E-state index is 0.230. The van der Waals surface area contributed by atoms with Crippen molar-refractivity contribution in [1.82, 2.24) is 0 Å². The molecule has 0 radical (unpaired) electrons. The van der Waals surface area contributed by atoms with Crippen LogP contribution in [0.1, 0.15) is 34.8 Å². The Kier molecular flexibility index (Phi) is 5.02. The van der Waals surface area contributed by atoms with Crippen LogP contribution in [0.5, 0.6) is 5.75 Å². The van der Waals surface area contributed by atoms with E-state index in [1.807, 2.05) is 6.92 Å². The van der Waals surface area contributed by atoms with Crippen LogP contribution in [0.3, 0.4) is 0 Å². The molecule has 2 aromatic carbocycles. The van der Waals surface area contributed by atoms with Gasteiger partial charge in [-0.1, -0.05) is 13.3 Å². The van der Waals surface area contributed by atoms with Crippen LogP contribution in [-0.4, -0.2) is 5.97 Å². The smallest absolute Gasteiger partial charge is 0.349 e. The Hall–Kier alpha value is -2.81. The maximum atomic E-state index is 13.9. The summed E-state index contributed by atoms with van der Waals surface area (Å²) in [7, 11) is 0. The average Bonchev–Trinajstić information content (AvgIpc) is 2.47. The van der Waals surface area contributed by atoms with Gasteiger partial charge in [0.2, 0.25) is 0 Å². The molecule has 0 spiro atoms. The Labute approximate surface area is 130 Å². The fourth-order valence-corrected chi connectivity index (χ4v) is 2.06. The lowest BCUT2D eigenvalue weighted by Crippen LogP contribution is -2.14. The third-order valence-electron chi connectivity index (χ3n) is 3.12. The third-order valence-corrected chi connectivity index (χ3v) is 3.12. The SMILES string of the molecule is CCCc1cc(F)c(C(=O)Oc2ccc(C#N)c(F)c2)c(F)c1. The molecule has 0 fully saturated rings. The summed E-state index contributed by atoms with van der Waals surface area (Å²) in [5.41, 5.74) is -0.635. The van der Waals surface area contributed by atoms with E-state index < -0.39 is 29.0 Å². The molecule has 118 valence electrons. The van der Waals surface area contributed by atoms with E-state index in [2.05, 4.69) is 0 Å². The van der Waals surface area contributed by atoms with Crippen LogP contribution in [0.2, 0.25) is 0 Å². The van der Waals surface area contributed by atoms with E-state index in [0.29, 0.717) is 18.4 Å². The molecule has 3 nitrogen and oxygen atoms in total. The van der Waals surface area contributed by atoms with Crippen molar-refractivity contribution < 1.29 is 22.7 Å². The number of halogens is 3. The lowest BCUT2D eigenvalue weighted by atomic mass is 10.1. The molecule has 0 saturated heterocycles. The van der Waals surface area contributed by atoms with E-state index in [-0.39, 0.29) is 11.3 Å². The predicted molar refractivity (Wildman–Crippen MR) is 76.4 cm³/mol. The summed E-state index contributed by atoms with van der Waals surface area (Å²) < 4.78 is 46.1. The van der Waals surface area contributed by atoms with E-state index in [9.17, 15) is 18.0 Å². The van der Waals surface area contributed by atoms with Crippen LogP contribution >= 0.6 is 0 Å². The van der Waals surface area contributed by atoms with Crippen molar-refractivity contribution in [2.75, 3.05) is 0 Å². The predicted octanol–water partition coefficient (Wildman–Crippen LogP) is 4.15. The molecule has 0 aliphatic rings. The van der Waals surface area contributed by atoms with Gasteiger partial charge in [0.25, 0.3) is 0 Å². The highest BCUT2D eigenvalue weighted by Crippen LogP contribution is 2.21. The normalized spacial score (nSPS) is 10.2. The van der Waals surface area contributed by atoms with Crippen LogP contribution in [0.25, 0.3) is 0 Å². The first-order valence-electron chi connectivity index (χ1n) is 6.86. The van der Waals surface area contributed by atoms with Gasteiger partial charge in [-0.3, -0.25) is 0 Å². The molecule has 0 unspecified atom stereocenters. The number of ether oxygens (including phenoxy) is 1. The molecule has 0 aliphatic heterocycles. The zero-order valence-electron chi connectivity index (χ0n) is 12.2. The molecular weight excluding hydrogens is 307 g/mol. The van der Waals surface area contributed by atoms with Crippen molar-refractivity contribution in [2.24, 2.45) is 0 Å². The second-order valence-electron chi connectivity index (χ2n) is 4.83. The summed E-state index contributed by atoms with van der Waals surface area (Å²) in [5, 5.41) is 8.61. The van der Waals surface area contributed by atoms with E-state index >= 15 is 0 Å². The van der Waals surface area contributed by atoms with Crippen molar-refractivity contribution in [3.8, 4) is 11.8 Å². The van der Waals surface area contributed by atoms with Gasteiger partial charge in [-0.15, -0.1) is 0 Å². The first-order chi connectivity index (χ1) is 11.0. The number of esters is 1. The summed E-state index contributed by atoms with van der Waals surface area (Å²) in [6, 6.07) is 6.83. The fourth-order valence-electron chi connectivity index (χ4n) is 2.06. The summed E-state index contributed by atoms with van der Waals surface area (Å²) >= 11 is 0. The highest BCUT2D eigenvalue weighted by molar-refractivity contribution is 5.91. The zero-order valence-corrected chi connectivity index (χ0v) is 12.2. The van der Waals surface area contributed by atoms with Gasteiger partial charge in [-0.2, -0.15) is 5.26 Å². The molecule has 0 aromatic heterocycles. The van der Waals surface area contributed by atoms with Gasteiger partial charge >= 0.3 is 5.97 Å². The molecule has 0 bridgehead atoms. The number of rotatable bonds is 4. The van der Waals surface area contributed by atoms with Crippen LogP contribution < -0.4 is 4.74 Å². The topological polar surface area (TPSA) is 50.1 Å². The molecule has 0 N–H and O–H groups in total. The Morgan fingerprint density at radius 2 is 1.78 bits per heavy atom. The van der Waals surface area contributed by atoms with Gasteiger partial charge in [-0.05, 0) is 36.2 Å². The van der Waals surface area contributed by atoms with Gasteiger partial charge in [0.05, 0.1) is 5.56 Å². The van der Waals surface area contributed by atoms with Crippen LogP contribution in [0.15, 0.2) is 30.3 Å².